The molecule has 0 saturated heterocycles. The van der Waals surface area contributed by atoms with Crippen LogP contribution in [0.2, 0.25) is 0 Å². The molecule has 1 aromatic carbocycles. The number of hydrogen-bond acceptors (Lipinski definition) is 2. The van der Waals surface area contributed by atoms with E-state index in [1.54, 1.807) is 19.4 Å². The van der Waals surface area contributed by atoms with Gasteiger partial charge in [0.15, 0.2) is 0 Å². The van der Waals surface area contributed by atoms with E-state index in [4.69, 9.17) is 0 Å². The Morgan fingerprint density at radius 2 is 2.06 bits per heavy atom. The summed E-state index contributed by atoms with van der Waals surface area (Å²) in [5.41, 5.74) is 2.78. The summed E-state index contributed by atoms with van der Waals surface area (Å²) in [6, 6.07) is 5.94. The average Bonchev–Trinajstić information content (AvgIpc) is 2.75. The van der Waals surface area contributed by atoms with E-state index >= 15 is 0 Å². The van der Waals surface area contributed by atoms with Crippen LogP contribution in [0.3, 0.4) is 0 Å². The van der Waals surface area contributed by atoms with Gasteiger partial charge in [-0.25, -0.2) is 4.98 Å². The monoisotopic (exact) mass is 216 g/mol. The van der Waals surface area contributed by atoms with Gasteiger partial charge in [0, 0.05) is 6.20 Å². The van der Waals surface area contributed by atoms with Crippen LogP contribution in [0.4, 0.5) is 0 Å². The molecule has 1 heterocycles. The van der Waals surface area contributed by atoms with Gasteiger partial charge in [-0.3, -0.25) is 0 Å². The third-order valence-corrected chi connectivity index (χ3v) is 3.13. The van der Waals surface area contributed by atoms with E-state index in [0.717, 1.165) is 11.1 Å². The highest BCUT2D eigenvalue weighted by molar-refractivity contribution is 5.40. The van der Waals surface area contributed by atoms with Crippen molar-refractivity contribution in [1.29, 1.82) is 0 Å². The lowest BCUT2D eigenvalue weighted by molar-refractivity contribution is 0.0971. The Labute approximate surface area is 95.2 Å². The maximum absolute atomic E-state index is 10.6. The smallest absolute Gasteiger partial charge is 0.130 e. The second kappa shape index (κ2) is 3.76. The molecule has 0 spiro atoms. The molecular formula is C13H16N2O. The summed E-state index contributed by atoms with van der Waals surface area (Å²) < 4.78 is 0. The first-order valence-electron chi connectivity index (χ1n) is 5.32. The van der Waals surface area contributed by atoms with Gasteiger partial charge in [-0.05, 0) is 37.5 Å². The Morgan fingerprint density at radius 1 is 1.31 bits per heavy atom. The van der Waals surface area contributed by atoms with Gasteiger partial charge >= 0.3 is 0 Å². The molecule has 3 heteroatoms. The Kier molecular flexibility index (Phi) is 2.56. The van der Waals surface area contributed by atoms with Gasteiger partial charge in [0.2, 0.25) is 0 Å². The Morgan fingerprint density at radius 3 is 2.69 bits per heavy atom. The molecule has 0 amide bonds. The number of aryl methyl sites for hydroxylation is 1. The molecule has 84 valence electrons. The second-order valence-corrected chi connectivity index (χ2v) is 4.27. The first-order valence-corrected chi connectivity index (χ1v) is 5.32. The summed E-state index contributed by atoms with van der Waals surface area (Å²) in [6.07, 6.45) is 3.30. The maximum Gasteiger partial charge on any atom is 0.130 e. The largest absolute Gasteiger partial charge is 0.379 e. The molecule has 2 N–H and O–H groups in total. The van der Waals surface area contributed by atoms with Crippen molar-refractivity contribution in [3.8, 4) is 0 Å². The zero-order valence-corrected chi connectivity index (χ0v) is 9.78. The number of benzene rings is 1. The van der Waals surface area contributed by atoms with E-state index in [1.165, 1.54) is 5.56 Å². The van der Waals surface area contributed by atoms with Crippen molar-refractivity contribution in [1.82, 2.24) is 9.97 Å². The summed E-state index contributed by atoms with van der Waals surface area (Å²) in [5, 5.41) is 10.6. The number of H-pyrrole nitrogens is 1. The minimum atomic E-state index is -1.05. The van der Waals surface area contributed by atoms with Crippen LogP contribution >= 0.6 is 0 Å². The molecule has 1 unspecified atom stereocenters. The molecule has 1 aromatic heterocycles. The third kappa shape index (κ3) is 1.63. The van der Waals surface area contributed by atoms with Crippen LogP contribution in [-0.2, 0) is 5.60 Å². The fraction of sp³-hybridized carbons (Fsp3) is 0.308. The Balaban J connectivity index is 2.56. The quantitative estimate of drug-likeness (QED) is 0.809. The number of rotatable bonds is 2. The third-order valence-electron chi connectivity index (χ3n) is 3.13. The predicted octanol–water partition coefficient (Wildman–Crippen LogP) is 2.28. The number of aliphatic hydroxyl groups is 1. The number of imidazole rings is 1. The number of nitrogens with zero attached hydrogens (tertiary/aromatic N) is 1. The Bertz CT molecular complexity index is 487. The number of nitrogens with one attached hydrogen (secondary N) is 1. The SMILES string of the molecule is Cc1cccc(C(C)(O)c2c[nH]cn2)c1C. The van der Waals surface area contributed by atoms with Gasteiger partial charge in [0.05, 0.1) is 12.0 Å². The molecule has 16 heavy (non-hydrogen) atoms. The van der Waals surface area contributed by atoms with Gasteiger partial charge in [0.25, 0.3) is 0 Å². The molecule has 1 atom stereocenters. The summed E-state index contributed by atoms with van der Waals surface area (Å²) in [4.78, 5) is 7.00. The van der Waals surface area contributed by atoms with Crippen LogP contribution in [0.1, 0.15) is 29.3 Å². The molecule has 0 fully saturated rings. The van der Waals surface area contributed by atoms with Crippen molar-refractivity contribution in [3.05, 3.63) is 53.1 Å². The van der Waals surface area contributed by atoms with E-state index in [1.807, 2.05) is 32.0 Å². The maximum atomic E-state index is 10.6. The minimum absolute atomic E-state index is 0.640. The van der Waals surface area contributed by atoms with Crippen LogP contribution < -0.4 is 0 Å². The number of aromatic nitrogens is 2. The van der Waals surface area contributed by atoms with Crippen molar-refractivity contribution in [2.45, 2.75) is 26.4 Å². The molecule has 2 rings (SSSR count). The van der Waals surface area contributed by atoms with Crippen LogP contribution in [0.15, 0.2) is 30.7 Å². The predicted molar refractivity (Wildman–Crippen MR) is 63.2 cm³/mol. The van der Waals surface area contributed by atoms with E-state index in [9.17, 15) is 5.11 Å². The second-order valence-electron chi connectivity index (χ2n) is 4.27. The van der Waals surface area contributed by atoms with Gasteiger partial charge < -0.3 is 10.1 Å². The normalized spacial score (nSPS) is 14.8. The van der Waals surface area contributed by atoms with Crippen LogP contribution in [-0.4, -0.2) is 15.1 Å². The molecule has 0 aliphatic heterocycles. The first-order chi connectivity index (χ1) is 7.53. The van der Waals surface area contributed by atoms with Crippen LogP contribution in [0.25, 0.3) is 0 Å². The van der Waals surface area contributed by atoms with Gasteiger partial charge in [-0.2, -0.15) is 0 Å². The van der Waals surface area contributed by atoms with Crippen molar-refractivity contribution in [2.24, 2.45) is 0 Å². The zero-order valence-electron chi connectivity index (χ0n) is 9.78. The topological polar surface area (TPSA) is 48.9 Å². The van der Waals surface area contributed by atoms with Crippen molar-refractivity contribution in [2.75, 3.05) is 0 Å². The molecule has 0 aliphatic rings. The minimum Gasteiger partial charge on any atom is -0.379 e. The summed E-state index contributed by atoms with van der Waals surface area (Å²) in [7, 11) is 0. The van der Waals surface area contributed by atoms with Crippen LogP contribution in [0, 0.1) is 13.8 Å². The molecule has 2 aromatic rings. The molecule has 0 saturated carbocycles. The van der Waals surface area contributed by atoms with Crippen LogP contribution in [0.5, 0.6) is 0 Å². The summed E-state index contributed by atoms with van der Waals surface area (Å²) in [5.74, 6) is 0. The lowest BCUT2D eigenvalue weighted by Gasteiger charge is -2.24. The lowest BCUT2D eigenvalue weighted by Crippen LogP contribution is -2.24. The molecule has 3 nitrogen and oxygen atoms in total. The molecule has 0 radical (unpaired) electrons. The van der Waals surface area contributed by atoms with Crippen molar-refractivity contribution >= 4 is 0 Å². The highest BCUT2D eigenvalue weighted by Gasteiger charge is 2.29. The van der Waals surface area contributed by atoms with Gasteiger partial charge in [0.1, 0.15) is 5.60 Å². The zero-order chi connectivity index (χ0) is 11.8. The van der Waals surface area contributed by atoms with E-state index < -0.39 is 5.60 Å². The number of hydrogen-bond donors (Lipinski definition) is 2. The highest BCUT2D eigenvalue weighted by Crippen LogP contribution is 2.30. The molecular weight excluding hydrogens is 200 g/mol. The van der Waals surface area contributed by atoms with E-state index in [0.29, 0.717) is 5.69 Å². The van der Waals surface area contributed by atoms with Gasteiger partial charge in [-0.15, -0.1) is 0 Å². The Hall–Kier alpha value is -1.61. The summed E-state index contributed by atoms with van der Waals surface area (Å²) >= 11 is 0. The van der Waals surface area contributed by atoms with Gasteiger partial charge in [-0.1, -0.05) is 18.2 Å². The standard InChI is InChI=1S/C13H16N2O/c1-9-5-4-6-11(10(9)2)13(3,16)12-7-14-8-15-12/h4-8,16H,1-3H3,(H,14,15). The van der Waals surface area contributed by atoms with E-state index in [2.05, 4.69) is 9.97 Å². The fourth-order valence-corrected chi connectivity index (χ4v) is 1.94. The molecule has 0 aliphatic carbocycles. The highest BCUT2D eigenvalue weighted by atomic mass is 16.3. The first kappa shape index (κ1) is 10.9. The lowest BCUT2D eigenvalue weighted by atomic mass is 9.88. The molecule has 0 bridgehead atoms. The number of aromatic amines is 1. The average molecular weight is 216 g/mol. The van der Waals surface area contributed by atoms with Crippen molar-refractivity contribution in [3.63, 3.8) is 0 Å². The summed E-state index contributed by atoms with van der Waals surface area (Å²) in [6.45, 7) is 5.83. The van der Waals surface area contributed by atoms with Crippen molar-refractivity contribution < 1.29 is 5.11 Å². The van der Waals surface area contributed by atoms with E-state index in [-0.39, 0.29) is 0 Å². The fourth-order valence-electron chi connectivity index (χ4n) is 1.94.